The molecule has 0 unspecified atom stereocenters. The van der Waals surface area contributed by atoms with E-state index in [4.69, 9.17) is 19.9 Å². The third-order valence-corrected chi connectivity index (χ3v) is 3.52. The molecule has 1 amide bonds. The third-order valence-electron chi connectivity index (χ3n) is 3.52. The van der Waals surface area contributed by atoms with Crippen LogP contribution in [0.5, 0.6) is 17.2 Å². The second-order valence-corrected chi connectivity index (χ2v) is 6.20. The van der Waals surface area contributed by atoms with Gasteiger partial charge in [-0.2, -0.15) is 0 Å². The van der Waals surface area contributed by atoms with Crippen LogP contribution in [0.2, 0.25) is 0 Å². The van der Waals surface area contributed by atoms with Gasteiger partial charge in [-0.3, -0.25) is 10.1 Å². The molecule has 0 saturated carbocycles. The summed E-state index contributed by atoms with van der Waals surface area (Å²) in [7, 11) is 1.41. The fourth-order valence-electron chi connectivity index (χ4n) is 2.46. The molecule has 0 spiro atoms. The van der Waals surface area contributed by atoms with Gasteiger partial charge in [0.05, 0.1) is 18.1 Å². The molecule has 26 heavy (non-hydrogen) atoms. The molecule has 0 bridgehead atoms. The Kier molecular flexibility index (Phi) is 5.66. The highest BCUT2D eigenvalue weighted by Crippen LogP contribution is 2.34. The van der Waals surface area contributed by atoms with Gasteiger partial charge in [-0.1, -0.05) is 12.1 Å². The van der Waals surface area contributed by atoms with Crippen LogP contribution in [0.15, 0.2) is 42.5 Å². The quantitative estimate of drug-likeness (QED) is 0.593. The number of nitrogens with two attached hydrogens (primary N) is 1. The predicted molar refractivity (Wildman–Crippen MR) is 94.6 cm³/mol. The number of non-ortho nitro benzene ring substituents is 1. The summed E-state index contributed by atoms with van der Waals surface area (Å²) < 4.78 is 15.9. The van der Waals surface area contributed by atoms with Crippen molar-refractivity contribution in [2.75, 3.05) is 7.11 Å². The summed E-state index contributed by atoms with van der Waals surface area (Å²) in [5.74, 6) is 1.16. The fourth-order valence-corrected chi connectivity index (χ4v) is 2.46. The number of nitrogens with zero attached hydrogens (tertiary/aromatic N) is 1. The first-order valence-electron chi connectivity index (χ1n) is 7.78. The van der Waals surface area contributed by atoms with E-state index in [-0.39, 0.29) is 11.4 Å². The lowest BCUT2D eigenvalue weighted by Gasteiger charge is -2.24. The van der Waals surface area contributed by atoms with E-state index in [1.165, 1.54) is 25.3 Å². The minimum absolute atomic E-state index is 0.0822. The molecule has 8 heteroatoms. The Morgan fingerprint density at radius 1 is 1.15 bits per heavy atom. The van der Waals surface area contributed by atoms with Gasteiger partial charge in [0, 0.05) is 12.5 Å². The number of rotatable bonds is 7. The van der Waals surface area contributed by atoms with Crippen molar-refractivity contribution in [1.82, 2.24) is 0 Å². The van der Waals surface area contributed by atoms with E-state index in [0.29, 0.717) is 17.9 Å². The lowest BCUT2D eigenvalue weighted by molar-refractivity contribution is -0.384. The van der Waals surface area contributed by atoms with Gasteiger partial charge in [-0.15, -0.1) is 0 Å². The van der Waals surface area contributed by atoms with Crippen molar-refractivity contribution in [3.8, 4) is 17.2 Å². The lowest BCUT2D eigenvalue weighted by Crippen LogP contribution is -2.33. The van der Waals surface area contributed by atoms with E-state index < -0.39 is 16.6 Å². The summed E-state index contributed by atoms with van der Waals surface area (Å²) >= 11 is 0. The molecule has 0 heterocycles. The number of methoxy groups -OCH3 is 1. The van der Waals surface area contributed by atoms with Crippen molar-refractivity contribution >= 4 is 11.8 Å². The summed E-state index contributed by atoms with van der Waals surface area (Å²) in [4.78, 5) is 21.2. The molecule has 2 N–H and O–H groups in total. The highest BCUT2D eigenvalue weighted by Gasteiger charge is 2.22. The van der Waals surface area contributed by atoms with Gasteiger partial charge in [0.15, 0.2) is 11.5 Å². The number of nitro groups is 1. The van der Waals surface area contributed by atoms with Gasteiger partial charge in [0.2, 0.25) is 0 Å². The Labute approximate surface area is 150 Å². The van der Waals surface area contributed by atoms with Gasteiger partial charge in [-0.05, 0) is 37.6 Å². The number of hydrogen-bond acceptors (Lipinski definition) is 6. The van der Waals surface area contributed by atoms with Crippen molar-refractivity contribution in [2.45, 2.75) is 25.9 Å². The number of carbonyl (C=O) groups is 1. The normalized spacial score (nSPS) is 10.9. The lowest BCUT2D eigenvalue weighted by atomic mass is 9.98. The van der Waals surface area contributed by atoms with Gasteiger partial charge in [0.25, 0.3) is 5.69 Å². The number of primary amides is 1. The topological polar surface area (TPSA) is 114 Å². The summed E-state index contributed by atoms with van der Waals surface area (Å²) in [6.45, 7) is 3.54. The minimum atomic E-state index is -0.819. The molecule has 0 aliphatic heterocycles. The molecular formula is C18H20N2O6. The zero-order valence-electron chi connectivity index (χ0n) is 14.7. The highest BCUT2D eigenvalue weighted by molar-refractivity contribution is 5.65. The first-order chi connectivity index (χ1) is 12.2. The van der Waals surface area contributed by atoms with Crippen LogP contribution in [0.4, 0.5) is 10.5 Å². The molecule has 0 radical (unpaired) electrons. The molecule has 0 saturated heterocycles. The van der Waals surface area contributed by atoms with E-state index in [1.54, 1.807) is 26.0 Å². The maximum atomic E-state index is 10.9. The molecule has 0 aliphatic carbocycles. The van der Waals surface area contributed by atoms with E-state index in [1.807, 2.05) is 12.1 Å². The van der Waals surface area contributed by atoms with Crippen molar-refractivity contribution in [2.24, 2.45) is 5.73 Å². The van der Waals surface area contributed by atoms with Crippen LogP contribution >= 0.6 is 0 Å². The molecule has 0 aliphatic rings. The average molecular weight is 360 g/mol. The first-order valence-corrected chi connectivity index (χ1v) is 7.78. The zero-order chi connectivity index (χ0) is 19.3. The van der Waals surface area contributed by atoms with Crippen LogP contribution in [-0.2, 0) is 11.2 Å². The average Bonchev–Trinajstić information content (AvgIpc) is 2.55. The number of amides is 1. The van der Waals surface area contributed by atoms with Crippen molar-refractivity contribution in [3.63, 3.8) is 0 Å². The molecule has 0 atom stereocenters. The van der Waals surface area contributed by atoms with E-state index in [0.717, 1.165) is 5.56 Å². The molecule has 2 aromatic carbocycles. The van der Waals surface area contributed by atoms with Gasteiger partial charge >= 0.3 is 6.09 Å². The Morgan fingerprint density at radius 2 is 1.81 bits per heavy atom. The second kappa shape index (κ2) is 7.73. The molecule has 138 valence electrons. The molecule has 0 fully saturated rings. The maximum Gasteiger partial charge on any atom is 0.405 e. The van der Waals surface area contributed by atoms with Crippen LogP contribution in [-0.4, -0.2) is 23.7 Å². The second-order valence-electron chi connectivity index (χ2n) is 6.20. The van der Waals surface area contributed by atoms with Crippen LogP contribution in [0.1, 0.15) is 19.4 Å². The van der Waals surface area contributed by atoms with E-state index in [9.17, 15) is 14.9 Å². The molecular weight excluding hydrogens is 340 g/mol. The summed E-state index contributed by atoms with van der Waals surface area (Å²) in [6, 6.07) is 11.3. The number of carbonyl (C=O) groups excluding carboxylic acids is 1. The van der Waals surface area contributed by atoms with Crippen molar-refractivity contribution in [1.29, 1.82) is 0 Å². The third kappa shape index (κ3) is 5.10. The van der Waals surface area contributed by atoms with Crippen LogP contribution in [0, 0.1) is 10.1 Å². The van der Waals surface area contributed by atoms with Crippen molar-refractivity contribution in [3.05, 3.63) is 58.1 Å². The van der Waals surface area contributed by atoms with Crippen LogP contribution in [0.25, 0.3) is 0 Å². The minimum Gasteiger partial charge on any atom is -0.493 e. The Balaban J connectivity index is 2.12. The van der Waals surface area contributed by atoms with Gasteiger partial charge in [-0.25, -0.2) is 4.79 Å². The summed E-state index contributed by atoms with van der Waals surface area (Å²) in [6.07, 6.45) is -0.336. The Morgan fingerprint density at radius 3 is 2.35 bits per heavy atom. The Hall–Kier alpha value is -3.29. The van der Waals surface area contributed by atoms with E-state index >= 15 is 0 Å². The van der Waals surface area contributed by atoms with Crippen LogP contribution < -0.4 is 15.2 Å². The molecule has 8 nitrogen and oxygen atoms in total. The number of nitro benzene ring substituents is 1. The standard InChI is InChI=1S/C18H20N2O6/c1-18(2,26-17(19)21)11-12-4-7-14(8-5-12)25-15-9-6-13(20(22)23)10-16(15)24-3/h4-10H,11H2,1-3H3,(H2,19,21). The largest absolute Gasteiger partial charge is 0.493 e. The molecule has 2 aromatic rings. The molecule has 2 rings (SSSR count). The van der Waals surface area contributed by atoms with Gasteiger partial charge in [0.1, 0.15) is 11.4 Å². The number of hydrogen-bond donors (Lipinski definition) is 1. The van der Waals surface area contributed by atoms with Crippen molar-refractivity contribution < 1.29 is 23.9 Å². The SMILES string of the molecule is COc1cc([N+](=O)[O-])ccc1Oc1ccc(CC(C)(C)OC(N)=O)cc1. The maximum absolute atomic E-state index is 10.9. The first kappa shape index (κ1) is 19.0. The number of ether oxygens (including phenoxy) is 3. The van der Waals surface area contributed by atoms with Gasteiger partial charge < -0.3 is 19.9 Å². The smallest absolute Gasteiger partial charge is 0.405 e. The monoisotopic (exact) mass is 360 g/mol. The Bertz CT molecular complexity index is 802. The highest BCUT2D eigenvalue weighted by atomic mass is 16.6. The summed E-state index contributed by atoms with van der Waals surface area (Å²) in [5.41, 5.74) is 5.19. The van der Waals surface area contributed by atoms with Crippen LogP contribution in [0.3, 0.4) is 0 Å². The summed E-state index contributed by atoms with van der Waals surface area (Å²) in [5, 5.41) is 10.8. The number of benzene rings is 2. The predicted octanol–water partition coefficient (Wildman–Crippen LogP) is 3.81. The molecule has 0 aromatic heterocycles. The van der Waals surface area contributed by atoms with E-state index in [2.05, 4.69) is 0 Å². The fraction of sp³-hybridized carbons (Fsp3) is 0.278. The zero-order valence-corrected chi connectivity index (χ0v) is 14.7.